The Kier molecular flexibility index (Phi) is 9.34. The van der Waals surface area contributed by atoms with E-state index in [1.165, 1.54) is 31.3 Å². The number of hydrogen-bond donors (Lipinski definition) is 0. The largest absolute Gasteiger partial charge is 1.00 e. The summed E-state index contributed by atoms with van der Waals surface area (Å²) in [6, 6.07) is 0. The molecule has 4 rings (SSSR count). The Balaban J connectivity index is 0.00000324. The van der Waals surface area contributed by atoms with Gasteiger partial charge in [0.2, 0.25) is 10.4 Å². The number of hydrogen-bond acceptors (Lipinski definition) is 4. The molecule has 4 nitrogen and oxygen atoms in total. The Bertz CT molecular complexity index is 951. The van der Waals surface area contributed by atoms with E-state index in [-0.39, 0.29) is 56.8 Å². The fourth-order valence-electron chi connectivity index (χ4n) is 7.83. The van der Waals surface area contributed by atoms with Crippen LogP contribution in [0.15, 0.2) is 35.5 Å². The fraction of sp³-hybridized carbons (Fsp3) is 0.786. The van der Waals surface area contributed by atoms with E-state index in [0.717, 1.165) is 12.3 Å². The van der Waals surface area contributed by atoms with Gasteiger partial charge >= 0.3 is 51.4 Å². The Labute approximate surface area is 250 Å². The first-order chi connectivity index (χ1) is 15.3. The van der Waals surface area contributed by atoms with Crippen LogP contribution in [0.1, 0.15) is 86.5 Å². The third kappa shape index (κ3) is 5.60. The SMILES string of the molecule is CC(C)[C@@H](C)/C=C/[C@@H](C)[C@H]1CC[C@H]2C3=CC=C4C[C@@H](OS(=O)(=O)[O-])CC[C@]4(C)[C@H]3CC[C@]12C.[K+]. The molecule has 186 valence electrons. The van der Waals surface area contributed by atoms with Crippen LogP contribution in [-0.4, -0.2) is 19.1 Å². The predicted molar refractivity (Wildman–Crippen MR) is 132 cm³/mol. The van der Waals surface area contributed by atoms with Crippen LogP contribution in [0.3, 0.4) is 0 Å². The van der Waals surface area contributed by atoms with Crippen molar-refractivity contribution < 1.29 is 68.5 Å². The van der Waals surface area contributed by atoms with Crippen LogP contribution in [0.2, 0.25) is 0 Å². The molecule has 3 saturated carbocycles. The molecule has 0 N–H and O–H groups in total. The van der Waals surface area contributed by atoms with Gasteiger partial charge in [-0.05, 0) is 91.3 Å². The zero-order valence-corrected chi connectivity index (χ0v) is 26.3. The van der Waals surface area contributed by atoms with Gasteiger partial charge in [-0.1, -0.05) is 77.0 Å². The van der Waals surface area contributed by atoms with E-state index in [9.17, 15) is 13.0 Å². The molecular weight excluding hydrogens is 471 g/mol. The number of rotatable bonds is 6. The second kappa shape index (κ2) is 10.8. The second-order valence-electron chi connectivity index (χ2n) is 12.3. The van der Waals surface area contributed by atoms with Crippen LogP contribution in [0, 0.1) is 46.3 Å². The van der Waals surface area contributed by atoms with Crippen LogP contribution in [0.25, 0.3) is 0 Å². The van der Waals surface area contributed by atoms with Gasteiger partial charge in [-0.25, -0.2) is 8.42 Å². The molecule has 0 amide bonds. The smallest absolute Gasteiger partial charge is 0.726 e. The molecule has 0 radical (unpaired) electrons. The van der Waals surface area contributed by atoms with Crippen molar-refractivity contribution in [2.45, 2.75) is 92.6 Å². The molecule has 0 bridgehead atoms. The van der Waals surface area contributed by atoms with E-state index in [4.69, 9.17) is 4.18 Å². The second-order valence-corrected chi connectivity index (χ2v) is 13.3. The number of fused-ring (bicyclic) bond motifs is 5. The van der Waals surface area contributed by atoms with Crippen molar-refractivity contribution in [2.75, 3.05) is 0 Å². The van der Waals surface area contributed by atoms with Gasteiger partial charge in [-0.3, -0.25) is 4.18 Å². The standard InChI is InChI=1S/C28H44O4S.K/c1-18(2)19(3)7-8-20(4)24-11-12-25-23-10-9-21-17-22(32-33(29,30)31)13-15-27(21,5)26(23)14-16-28(24,25)6;/h7-10,18-20,22,24-26H,11-17H2,1-6H3,(H,29,30,31);/q;+1/p-1/b8-7+;/t19-,20+,22-,24+,25-,26-,27-,28+;/m0./s1. The van der Waals surface area contributed by atoms with Gasteiger partial charge in [0.1, 0.15) is 0 Å². The van der Waals surface area contributed by atoms with Crippen molar-refractivity contribution in [2.24, 2.45) is 46.3 Å². The minimum absolute atomic E-state index is 0. The normalized spacial score (nSPS) is 39.4. The molecule has 0 spiro atoms. The minimum Gasteiger partial charge on any atom is -0.726 e. The third-order valence-corrected chi connectivity index (χ3v) is 10.8. The molecule has 4 aliphatic carbocycles. The minimum atomic E-state index is -4.65. The van der Waals surface area contributed by atoms with Crippen molar-refractivity contribution in [3.8, 4) is 0 Å². The van der Waals surface area contributed by atoms with E-state index in [1.54, 1.807) is 5.57 Å². The van der Waals surface area contributed by atoms with E-state index in [1.807, 2.05) is 0 Å². The Morgan fingerprint density at radius 2 is 1.71 bits per heavy atom. The van der Waals surface area contributed by atoms with Crippen LogP contribution in [-0.2, 0) is 14.6 Å². The van der Waals surface area contributed by atoms with Gasteiger partial charge in [-0.15, -0.1) is 0 Å². The summed E-state index contributed by atoms with van der Waals surface area (Å²) in [6.45, 7) is 14.3. The molecule has 3 fully saturated rings. The summed E-state index contributed by atoms with van der Waals surface area (Å²) in [4.78, 5) is 0. The fourth-order valence-corrected chi connectivity index (χ4v) is 8.33. The summed E-state index contributed by atoms with van der Waals surface area (Å²) in [5, 5.41) is 0. The van der Waals surface area contributed by atoms with Gasteiger partial charge in [0.15, 0.2) is 0 Å². The van der Waals surface area contributed by atoms with E-state index < -0.39 is 16.5 Å². The zero-order chi connectivity index (χ0) is 24.2. The van der Waals surface area contributed by atoms with Crippen molar-refractivity contribution in [3.05, 3.63) is 35.5 Å². The first kappa shape index (κ1) is 29.3. The van der Waals surface area contributed by atoms with Gasteiger partial charge in [0, 0.05) is 0 Å². The average Bonchev–Trinajstić information content (AvgIpc) is 3.08. The van der Waals surface area contributed by atoms with E-state index in [2.05, 4.69) is 65.8 Å². The molecule has 4 aliphatic rings. The van der Waals surface area contributed by atoms with Crippen LogP contribution in [0.4, 0.5) is 0 Å². The van der Waals surface area contributed by atoms with Gasteiger partial charge < -0.3 is 4.55 Å². The van der Waals surface area contributed by atoms with E-state index in [0.29, 0.717) is 47.8 Å². The molecule has 6 heteroatoms. The molecule has 34 heavy (non-hydrogen) atoms. The summed E-state index contributed by atoms with van der Waals surface area (Å²) in [7, 11) is -4.65. The Morgan fingerprint density at radius 3 is 2.35 bits per heavy atom. The maximum absolute atomic E-state index is 11.1. The molecular formula is C28H43KO4S. The molecule has 0 aromatic heterocycles. The summed E-state index contributed by atoms with van der Waals surface area (Å²) in [5.74, 6) is 3.80. The van der Waals surface area contributed by atoms with Crippen LogP contribution >= 0.6 is 0 Å². The first-order valence-corrected chi connectivity index (χ1v) is 14.4. The van der Waals surface area contributed by atoms with Crippen LogP contribution in [0.5, 0.6) is 0 Å². The van der Waals surface area contributed by atoms with Crippen molar-refractivity contribution in [1.82, 2.24) is 0 Å². The molecule has 0 aromatic rings. The monoisotopic (exact) mass is 514 g/mol. The quantitative estimate of drug-likeness (QED) is 0.234. The van der Waals surface area contributed by atoms with Crippen molar-refractivity contribution in [3.63, 3.8) is 0 Å². The first-order valence-electron chi connectivity index (χ1n) is 13.1. The van der Waals surface area contributed by atoms with Gasteiger partial charge in [0.25, 0.3) is 0 Å². The maximum atomic E-state index is 11.1. The summed E-state index contributed by atoms with van der Waals surface area (Å²) < 4.78 is 38.2. The summed E-state index contributed by atoms with van der Waals surface area (Å²) in [5.41, 5.74) is 3.33. The predicted octanol–water partition coefficient (Wildman–Crippen LogP) is 3.82. The van der Waals surface area contributed by atoms with Crippen LogP contribution < -0.4 is 51.4 Å². The molecule has 8 atom stereocenters. The van der Waals surface area contributed by atoms with Gasteiger partial charge in [-0.2, -0.15) is 0 Å². The van der Waals surface area contributed by atoms with Crippen molar-refractivity contribution in [1.29, 1.82) is 0 Å². The molecule has 0 aromatic carbocycles. The zero-order valence-electron chi connectivity index (χ0n) is 22.3. The summed E-state index contributed by atoms with van der Waals surface area (Å²) in [6.07, 6.45) is 16.2. The molecule has 0 aliphatic heterocycles. The summed E-state index contributed by atoms with van der Waals surface area (Å²) >= 11 is 0. The van der Waals surface area contributed by atoms with E-state index >= 15 is 0 Å². The Hall–Kier alpha value is 0.726. The van der Waals surface area contributed by atoms with Crippen molar-refractivity contribution >= 4 is 10.4 Å². The molecule has 0 heterocycles. The topological polar surface area (TPSA) is 66.4 Å². The number of allylic oxidation sites excluding steroid dienone is 5. The maximum Gasteiger partial charge on any atom is 1.00 e. The van der Waals surface area contributed by atoms with Gasteiger partial charge in [0.05, 0.1) is 6.10 Å². The average molecular weight is 515 g/mol. The molecule has 0 saturated heterocycles. The molecule has 0 unspecified atom stereocenters. The Morgan fingerprint density at radius 1 is 1.00 bits per heavy atom. The third-order valence-electron chi connectivity index (χ3n) is 10.3.